The van der Waals surface area contributed by atoms with Crippen LogP contribution in [0.15, 0.2) is 24.3 Å². The van der Waals surface area contributed by atoms with Crippen LogP contribution < -0.4 is 5.32 Å². The van der Waals surface area contributed by atoms with Crippen LogP contribution in [0, 0.1) is 12.8 Å². The molecule has 2 aromatic rings. The zero-order chi connectivity index (χ0) is 24.2. The lowest BCUT2D eigenvalue weighted by molar-refractivity contribution is -0.132. The molecule has 1 atom stereocenters. The molecule has 0 aliphatic carbocycles. The number of anilines is 1. The molecule has 8 nitrogen and oxygen atoms in total. The van der Waals surface area contributed by atoms with Crippen molar-refractivity contribution in [3.63, 3.8) is 0 Å². The van der Waals surface area contributed by atoms with Crippen LogP contribution in [0.4, 0.5) is 5.69 Å². The Bertz CT molecular complexity index is 1080. The highest BCUT2D eigenvalue weighted by atomic mass is 16.2. The van der Waals surface area contributed by atoms with Crippen LogP contribution in [-0.2, 0) is 29.6 Å². The number of unbranched alkanes of at least 4 members (excludes halogenated alkanes) is 1. The van der Waals surface area contributed by atoms with Gasteiger partial charge in [0, 0.05) is 63.0 Å². The van der Waals surface area contributed by atoms with Gasteiger partial charge in [-0.25, -0.2) is 0 Å². The molecule has 1 fully saturated rings. The number of aryl methyl sites for hydroxylation is 2. The average molecular weight is 466 g/mol. The molecule has 0 saturated carbocycles. The summed E-state index contributed by atoms with van der Waals surface area (Å²) in [6, 6.07) is 7.71. The molecule has 3 amide bonds. The first kappa shape index (κ1) is 24.0. The summed E-state index contributed by atoms with van der Waals surface area (Å²) in [5.74, 6) is -0.319. The fraction of sp³-hybridized carbons (Fsp3) is 0.538. The third kappa shape index (κ3) is 5.00. The Morgan fingerprint density at radius 1 is 1.15 bits per heavy atom. The van der Waals surface area contributed by atoms with Gasteiger partial charge in [-0.05, 0) is 37.8 Å². The Hall–Kier alpha value is -3.16. The molecule has 182 valence electrons. The van der Waals surface area contributed by atoms with Crippen molar-refractivity contribution in [1.82, 2.24) is 19.6 Å². The van der Waals surface area contributed by atoms with E-state index in [1.165, 1.54) is 0 Å². The van der Waals surface area contributed by atoms with Crippen molar-refractivity contribution in [2.75, 3.05) is 25.0 Å². The van der Waals surface area contributed by atoms with Crippen molar-refractivity contribution in [3.05, 3.63) is 46.8 Å². The van der Waals surface area contributed by atoms with Gasteiger partial charge in [0.15, 0.2) is 5.69 Å². The Balaban J connectivity index is 1.46. The molecule has 1 N–H and O–H groups in total. The minimum Gasteiger partial charge on any atom is -0.338 e. The molecule has 0 spiro atoms. The highest BCUT2D eigenvalue weighted by Gasteiger charge is 2.34. The van der Waals surface area contributed by atoms with Crippen molar-refractivity contribution < 1.29 is 14.4 Å². The minimum atomic E-state index is -0.260. The number of para-hydroxylation sites is 1. The maximum absolute atomic E-state index is 13.5. The Morgan fingerprint density at radius 3 is 2.71 bits per heavy atom. The number of rotatable bonds is 6. The first-order valence-corrected chi connectivity index (χ1v) is 12.4. The van der Waals surface area contributed by atoms with Crippen LogP contribution in [0.3, 0.4) is 0 Å². The highest BCUT2D eigenvalue weighted by Crippen LogP contribution is 2.26. The van der Waals surface area contributed by atoms with Gasteiger partial charge >= 0.3 is 0 Å². The fourth-order valence-electron chi connectivity index (χ4n) is 4.94. The zero-order valence-corrected chi connectivity index (χ0v) is 20.5. The summed E-state index contributed by atoms with van der Waals surface area (Å²) in [7, 11) is 1.86. The number of nitrogens with one attached hydrogen (secondary N) is 1. The third-order valence-electron chi connectivity index (χ3n) is 7.02. The van der Waals surface area contributed by atoms with Crippen molar-refractivity contribution in [2.24, 2.45) is 13.0 Å². The predicted molar refractivity (Wildman–Crippen MR) is 130 cm³/mol. The van der Waals surface area contributed by atoms with Crippen molar-refractivity contribution in [2.45, 2.75) is 58.9 Å². The molecule has 4 rings (SSSR count). The van der Waals surface area contributed by atoms with Crippen molar-refractivity contribution in [1.29, 1.82) is 0 Å². The van der Waals surface area contributed by atoms with E-state index >= 15 is 0 Å². The number of hydrogen-bond donors (Lipinski definition) is 1. The number of nitrogens with zero attached hydrogens (tertiary/aromatic N) is 4. The molecule has 0 unspecified atom stereocenters. The molecule has 8 heteroatoms. The first-order valence-electron chi connectivity index (χ1n) is 12.4. The summed E-state index contributed by atoms with van der Waals surface area (Å²) < 4.78 is 1.78. The number of fused-ring (bicyclic) bond motifs is 1. The van der Waals surface area contributed by atoms with Gasteiger partial charge in [-0.2, -0.15) is 5.10 Å². The summed E-state index contributed by atoms with van der Waals surface area (Å²) in [4.78, 5) is 42.7. The number of likely N-dealkylation sites (tertiary alicyclic amines) is 1. The normalized spacial score (nSPS) is 17.9. The quantitative estimate of drug-likeness (QED) is 0.709. The monoisotopic (exact) mass is 465 g/mol. The van der Waals surface area contributed by atoms with Crippen LogP contribution >= 0.6 is 0 Å². The van der Waals surface area contributed by atoms with E-state index in [2.05, 4.69) is 17.3 Å². The molecule has 3 heterocycles. The summed E-state index contributed by atoms with van der Waals surface area (Å²) >= 11 is 0. The smallest absolute Gasteiger partial charge is 0.274 e. The molecular weight excluding hydrogens is 430 g/mol. The Kier molecular flexibility index (Phi) is 7.34. The lowest BCUT2D eigenvalue weighted by atomic mass is 9.96. The number of benzene rings is 1. The van der Waals surface area contributed by atoms with E-state index in [0.717, 1.165) is 48.2 Å². The second kappa shape index (κ2) is 10.4. The van der Waals surface area contributed by atoms with Crippen LogP contribution in [0.5, 0.6) is 0 Å². The van der Waals surface area contributed by atoms with Gasteiger partial charge in [-0.3, -0.25) is 19.1 Å². The highest BCUT2D eigenvalue weighted by molar-refractivity contribution is 5.96. The van der Waals surface area contributed by atoms with E-state index in [-0.39, 0.29) is 23.6 Å². The van der Waals surface area contributed by atoms with Gasteiger partial charge in [0.25, 0.3) is 5.91 Å². The maximum atomic E-state index is 13.5. The number of carbonyl (C=O) groups is 3. The molecule has 1 aromatic heterocycles. The first-order chi connectivity index (χ1) is 16.4. The fourth-order valence-corrected chi connectivity index (χ4v) is 4.94. The van der Waals surface area contributed by atoms with Gasteiger partial charge in [0.05, 0.1) is 5.92 Å². The number of carbonyl (C=O) groups excluding carboxylic acids is 3. The second-order valence-electron chi connectivity index (χ2n) is 9.46. The average Bonchev–Trinajstić information content (AvgIpc) is 3.19. The van der Waals surface area contributed by atoms with E-state index in [1.54, 1.807) is 9.58 Å². The number of amides is 3. The predicted octanol–water partition coefficient (Wildman–Crippen LogP) is 3.29. The standard InChI is InChI=1S/C26H35N5O3/c1-4-5-12-23(32)30-15-13-22-20(17-30)24(28-29(22)3)26(34)31-14-8-10-19(16-31)25(33)27-21-11-7-6-9-18(21)2/h6-7,9,11,19H,4-5,8,10,12-17H2,1-3H3,(H,27,33)/t19-/m1/s1. The number of hydrogen-bond acceptors (Lipinski definition) is 4. The van der Waals surface area contributed by atoms with Crippen LogP contribution in [0.1, 0.15) is 66.3 Å². The molecule has 1 saturated heterocycles. The number of piperidine rings is 1. The Morgan fingerprint density at radius 2 is 1.94 bits per heavy atom. The topological polar surface area (TPSA) is 87.5 Å². The van der Waals surface area contributed by atoms with Crippen LogP contribution in [0.2, 0.25) is 0 Å². The van der Waals surface area contributed by atoms with E-state index in [0.29, 0.717) is 44.7 Å². The molecule has 2 aliphatic rings. The largest absolute Gasteiger partial charge is 0.338 e. The lowest BCUT2D eigenvalue weighted by Crippen LogP contribution is -2.44. The SMILES string of the molecule is CCCCC(=O)N1CCc2c(c(C(=O)N3CCC[C@@H](C(=O)Nc4ccccc4C)C3)nn2C)C1. The Labute approximate surface area is 201 Å². The summed E-state index contributed by atoms with van der Waals surface area (Å²) in [5, 5.41) is 7.59. The van der Waals surface area contributed by atoms with E-state index in [9.17, 15) is 14.4 Å². The summed E-state index contributed by atoms with van der Waals surface area (Å²) in [6.07, 6.45) is 4.62. The molecule has 1 aromatic carbocycles. The maximum Gasteiger partial charge on any atom is 0.274 e. The zero-order valence-electron chi connectivity index (χ0n) is 20.5. The summed E-state index contributed by atoms with van der Waals surface area (Å²) in [6.45, 7) is 6.11. The molecule has 34 heavy (non-hydrogen) atoms. The van der Waals surface area contributed by atoms with E-state index in [4.69, 9.17) is 0 Å². The third-order valence-corrected chi connectivity index (χ3v) is 7.02. The van der Waals surface area contributed by atoms with Gasteiger partial charge in [0.1, 0.15) is 0 Å². The van der Waals surface area contributed by atoms with E-state index in [1.807, 2.05) is 43.1 Å². The number of aromatic nitrogens is 2. The van der Waals surface area contributed by atoms with Gasteiger partial charge in [0.2, 0.25) is 11.8 Å². The van der Waals surface area contributed by atoms with Crippen molar-refractivity contribution >= 4 is 23.4 Å². The van der Waals surface area contributed by atoms with Crippen molar-refractivity contribution in [3.8, 4) is 0 Å². The van der Waals surface area contributed by atoms with Crippen LogP contribution in [-0.4, -0.2) is 56.9 Å². The molecule has 0 radical (unpaired) electrons. The van der Waals surface area contributed by atoms with Gasteiger partial charge < -0.3 is 15.1 Å². The molecule has 0 bridgehead atoms. The van der Waals surface area contributed by atoms with E-state index < -0.39 is 0 Å². The molecule has 2 aliphatic heterocycles. The van der Waals surface area contributed by atoms with Gasteiger partial charge in [-0.15, -0.1) is 0 Å². The molecular formula is C26H35N5O3. The summed E-state index contributed by atoms with van der Waals surface area (Å²) in [5.41, 5.74) is 4.12. The lowest BCUT2D eigenvalue weighted by Gasteiger charge is -2.32. The van der Waals surface area contributed by atoms with Gasteiger partial charge in [-0.1, -0.05) is 31.5 Å². The minimum absolute atomic E-state index is 0.0532. The van der Waals surface area contributed by atoms with Crippen LogP contribution in [0.25, 0.3) is 0 Å². The second-order valence-corrected chi connectivity index (χ2v) is 9.46.